The van der Waals surface area contributed by atoms with E-state index in [0.29, 0.717) is 13.0 Å². The second-order valence-corrected chi connectivity index (χ2v) is 3.25. The number of hydrogen-bond acceptors (Lipinski definition) is 2. The summed E-state index contributed by atoms with van der Waals surface area (Å²) in [4.78, 5) is 10.4. The highest BCUT2D eigenvalue weighted by molar-refractivity contribution is 5.64. The number of nitrogens with zero attached hydrogens (tertiary/aromatic N) is 1. The van der Waals surface area contributed by atoms with Gasteiger partial charge in [0.1, 0.15) is 0 Å². The molecule has 0 bridgehead atoms. The van der Waals surface area contributed by atoms with Crippen LogP contribution in [0.1, 0.15) is 5.56 Å². The van der Waals surface area contributed by atoms with Crippen molar-refractivity contribution in [2.75, 3.05) is 6.61 Å². The number of primary amides is 1. The number of nitrogens with two attached hydrogens (primary N) is 1. The fraction of sp³-hybridized carbons (Fsp3) is 0.182. The van der Waals surface area contributed by atoms with E-state index >= 15 is 0 Å². The molecule has 0 saturated heterocycles. The molecule has 0 aliphatic rings. The van der Waals surface area contributed by atoms with Crippen LogP contribution in [0, 0.1) is 0 Å². The summed E-state index contributed by atoms with van der Waals surface area (Å²) >= 11 is 0. The van der Waals surface area contributed by atoms with E-state index in [1.807, 2.05) is 41.1 Å². The third-order valence-electron chi connectivity index (χ3n) is 2.27. The van der Waals surface area contributed by atoms with Crippen molar-refractivity contribution < 1.29 is 9.53 Å². The molecule has 78 valence electrons. The minimum absolute atomic E-state index is 0.323. The lowest BCUT2D eigenvalue weighted by atomic mass is 10.2. The van der Waals surface area contributed by atoms with Crippen molar-refractivity contribution in [3.05, 3.63) is 42.2 Å². The third-order valence-corrected chi connectivity index (χ3v) is 2.27. The predicted octanol–water partition coefficient (Wildman–Crippen LogP) is 1.58. The Morgan fingerprint density at radius 2 is 2.20 bits per heavy atom. The Morgan fingerprint density at radius 3 is 3.00 bits per heavy atom. The van der Waals surface area contributed by atoms with Gasteiger partial charge in [-0.15, -0.1) is 0 Å². The molecular formula is C11H12N2O2. The second kappa shape index (κ2) is 4.04. The van der Waals surface area contributed by atoms with E-state index in [9.17, 15) is 4.79 Å². The molecule has 2 N–H and O–H groups in total. The number of ether oxygens (including phenoxy) is 1. The van der Waals surface area contributed by atoms with Crippen molar-refractivity contribution in [1.82, 2.24) is 4.40 Å². The number of fused-ring (bicyclic) bond motifs is 1. The largest absolute Gasteiger partial charge is 0.449 e. The molecule has 4 nitrogen and oxygen atoms in total. The Balaban J connectivity index is 2.11. The normalized spacial score (nSPS) is 10.4. The number of pyridine rings is 1. The van der Waals surface area contributed by atoms with Gasteiger partial charge >= 0.3 is 6.09 Å². The van der Waals surface area contributed by atoms with Crippen molar-refractivity contribution in [1.29, 1.82) is 0 Å². The maximum atomic E-state index is 10.4. The van der Waals surface area contributed by atoms with Gasteiger partial charge in [-0.05, 0) is 23.8 Å². The number of carbonyl (C=O) groups excluding carboxylic acids is 1. The summed E-state index contributed by atoms with van der Waals surface area (Å²) in [6, 6.07) is 7.99. The Morgan fingerprint density at radius 1 is 1.33 bits per heavy atom. The average molecular weight is 204 g/mol. The molecule has 0 fully saturated rings. The van der Waals surface area contributed by atoms with Crippen LogP contribution in [0.2, 0.25) is 0 Å². The molecule has 2 rings (SSSR count). The molecule has 0 atom stereocenters. The molecule has 4 heteroatoms. The van der Waals surface area contributed by atoms with Crippen LogP contribution in [-0.4, -0.2) is 17.1 Å². The fourth-order valence-corrected chi connectivity index (χ4v) is 1.59. The summed E-state index contributed by atoms with van der Waals surface area (Å²) in [6.45, 7) is 0.323. The average Bonchev–Trinajstić information content (AvgIpc) is 2.62. The first-order valence-electron chi connectivity index (χ1n) is 4.74. The van der Waals surface area contributed by atoms with Gasteiger partial charge in [-0.1, -0.05) is 6.07 Å². The number of aromatic nitrogens is 1. The smallest absolute Gasteiger partial charge is 0.404 e. The topological polar surface area (TPSA) is 56.7 Å². The van der Waals surface area contributed by atoms with Gasteiger partial charge < -0.3 is 14.9 Å². The van der Waals surface area contributed by atoms with Crippen LogP contribution in [0.3, 0.4) is 0 Å². The van der Waals surface area contributed by atoms with E-state index in [2.05, 4.69) is 0 Å². The summed E-state index contributed by atoms with van der Waals surface area (Å²) in [6.07, 6.45) is 3.92. The summed E-state index contributed by atoms with van der Waals surface area (Å²) in [5, 5.41) is 0. The number of rotatable bonds is 3. The quantitative estimate of drug-likeness (QED) is 0.825. The number of hydrogen-bond donors (Lipinski definition) is 1. The van der Waals surface area contributed by atoms with Crippen LogP contribution in [0.15, 0.2) is 36.7 Å². The molecule has 0 unspecified atom stereocenters. The summed E-state index contributed by atoms with van der Waals surface area (Å²) < 4.78 is 6.72. The monoisotopic (exact) mass is 204 g/mol. The summed E-state index contributed by atoms with van der Waals surface area (Å²) in [7, 11) is 0. The third kappa shape index (κ3) is 2.10. The van der Waals surface area contributed by atoms with Crippen LogP contribution in [-0.2, 0) is 11.2 Å². The van der Waals surface area contributed by atoms with E-state index in [1.54, 1.807) is 0 Å². The lowest BCUT2D eigenvalue weighted by Crippen LogP contribution is -2.14. The van der Waals surface area contributed by atoms with Crippen LogP contribution in [0.5, 0.6) is 0 Å². The first-order valence-corrected chi connectivity index (χ1v) is 4.74. The lowest BCUT2D eigenvalue weighted by Gasteiger charge is -2.01. The van der Waals surface area contributed by atoms with Gasteiger partial charge in [-0.3, -0.25) is 0 Å². The molecule has 0 aromatic carbocycles. The van der Waals surface area contributed by atoms with Crippen LogP contribution < -0.4 is 5.73 Å². The van der Waals surface area contributed by atoms with Crippen molar-refractivity contribution in [2.24, 2.45) is 5.73 Å². The minimum atomic E-state index is -0.724. The highest BCUT2D eigenvalue weighted by Crippen LogP contribution is 2.12. The summed E-state index contributed by atoms with van der Waals surface area (Å²) in [5.41, 5.74) is 7.16. The minimum Gasteiger partial charge on any atom is -0.449 e. The van der Waals surface area contributed by atoms with Gasteiger partial charge in [0.2, 0.25) is 0 Å². The zero-order chi connectivity index (χ0) is 10.7. The number of carbonyl (C=O) groups is 1. The molecule has 2 heterocycles. The Hall–Kier alpha value is -1.97. The van der Waals surface area contributed by atoms with Crippen LogP contribution in [0.4, 0.5) is 4.79 Å². The van der Waals surface area contributed by atoms with Gasteiger partial charge in [-0.2, -0.15) is 0 Å². The molecule has 2 aromatic heterocycles. The Kier molecular flexibility index (Phi) is 2.58. The van der Waals surface area contributed by atoms with Gasteiger partial charge in [-0.25, -0.2) is 4.79 Å². The van der Waals surface area contributed by atoms with Crippen molar-refractivity contribution in [3.8, 4) is 0 Å². The number of amides is 1. The standard InChI is InChI=1S/C11H12N2O2/c12-11(14)15-8-5-9-4-7-13-6-2-1-3-10(9)13/h1-4,6-7H,5,8H2,(H2,12,14). The van der Waals surface area contributed by atoms with Crippen LogP contribution in [0.25, 0.3) is 5.52 Å². The molecular weight excluding hydrogens is 192 g/mol. The summed E-state index contributed by atoms with van der Waals surface area (Å²) in [5.74, 6) is 0. The Labute approximate surface area is 87.3 Å². The van der Waals surface area contributed by atoms with Gasteiger partial charge in [0, 0.05) is 24.3 Å². The van der Waals surface area contributed by atoms with Crippen molar-refractivity contribution in [2.45, 2.75) is 6.42 Å². The van der Waals surface area contributed by atoms with E-state index < -0.39 is 6.09 Å². The van der Waals surface area contributed by atoms with E-state index in [1.165, 1.54) is 0 Å². The predicted molar refractivity (Wildman–Crippen MR) is 56.6 cm³/mol. The zero-order valence-corrected chi connectivity index (χ0v) is 8.22. The molecule has 0 radical (unpaired) electrons. The highest BCUT2D eigenvalue weighted by atomic mass is 16.5. The molecule has 0 aliphatic carbocycles. The Bertz CT molecular complexity index is 476. The molecule has 1 amide bonds. The highest BCUT2D eigenvalue weighted by Gasteiger charge is 2.02. The lowest BCUT2D eigenvalue weighted by molar-refractivity contribution is 0.158. The first kappa shape index (κ1) is 9.58. The molecule has 15 heavy (non-hydrogen) atoms. The van der Waals surface area contributed by atoms with E-state index in [0.717, 1.165) is 11.1 Å². The van der Waals surface area contributed by atoms with Crippen molar-refractivity contribution >= 4 is 11.6 Å². The fourth-order valence-electron chi connectivity index (χ4n) is 1.59. The first-order chi connectivity index (χ1) is 7.27. The zero-order valence-electron chi connectivity index (χ0n) is 8.22. The molecule has 0 saturated carbocycles. The van der Waals surface area contributed by atoms with E-state index in [4.69, 9.17) is 10.5 Å². The second-order valence-electron chi connectivity index (χ2n) is 3.25. The van der Waals surface area contributed by atoms with Gasteiger partial charge in [0.15, 0.2) is 0 Å². The van der Waals surface area contributed by atoms with E-state index in [-0.39, 0.29) is 0 Å². The van der Waals surface area contributed by atoms with Gasteiger partial charge in [0.05, 0.1) is 6.61 Å². The van der Waals surface area contributed by atoms with Gasteiger partial charge in [0.25, 0.3) is 0 Å². The maximum Gasteiger partial charge on any atom is 0.404 e. The maximum absolute atomic E-state index is 10.4. The van der Waals surface area contributed by atoms with Crippen molar-refractivity contribution in [3.63, 3.8) is 0 Å². The molecule has 2 aromatic rings. The molecule has 0 aliphatic heterocycles. The SMILES string of the molecule is NC(=O)OCCc1ccn2ccccc12. The van der Waals surface area contributed by atoms with Crippen LogP contribution >= 0.6 is 0 Å². The molecule has 0 spiro atoms.